The fraction of sp³-hybridized carbons (Fsp3) is 0.320. The van der Waals surface area contributed by atoms with E-state index < -0.39 is 29.8 Å². The Morgan fingerprint density at radius 3 is 2.44 bits per heavy atom. The van der Waals surface area contributed by atoms with Crippen LogP contribution in [0.2, 0.25) is 0 Å². The van der Waals surface area contributed by atoms with Crippen LogP contribution in [0.15, 0.2) is 48.9 Å². The zero-order valence-corrected chi connectivity index (χ0v) is 19.0. The van der Waals surface area contributed by atoms with Crippen LogP contribution >= 0.6 is 0 Å². The normalized spacial score (nSPS) is 18.1. The molecule has 0 aliphatic heterocycles. The van der Waals surface area contributed by atoms with Gasteiger partial charge in [0.05, 0.1) is 17.8 Å². The predicted molar refractivity (Wildman–Crippen MR) is 124 cm³/mol. The van der Waals surface area contributed by atoms with Crippen molar-refractivity contribution in [2.24, 2.45) is 5.92 Å². The number of benzene rings is 2. The van der Waals surface area contributed by atoms with Gasteiger partial charge in [-0.25, -0.2) is 13.5 Å². The van der Waals surface area contributed by atoms with Gasteiger partial charge in [0.25, 0.3) is 5.91 Å². The van der Waals surface area contributed by atoms with E-state index in [-0.39, 0.29) is 17.5 Å². The van der Waals surface area contributed by atoms with Crippen molar-refractivity contribution in [2.75, 3.05) is 6.54 Å². The first kappa shape index (κ1) is 23.8. The third kappa shape index (κ3) is 4.77. The van der Waals surface area contributed by atoms with E-state index in [1.165, 1.54) is 12.4 Å². The van der Waals surface area contributed by atoms with E-state index in [0.29, 0.717) is 16.8 Å². The molecule has 0 unspecified atom stereocenters. The number of nitrogens with zero attached hydrogens (tertiary/aromatic N) is 4. The number of fused-ring (bicyclic) bond motifs is 1. The maximum atomic E-state index is 13.5. The van der Waals surface area contributed by atoms with E-state index in [0.717, 1.165) is 54.3 Å². The Morgan fingerprint density at radius 1 is 1.06 bits per heavy atom. The first-order valence-electron chi connectivity index (χ1n) is 11.6. The van der Waals surface area contributed by atoms with E-state index in [2.05, 4.69) is 10.4 Å². The minimum atomic E-state index is -2.69. The van der Waals surface area contributed by atoms with E-state index in [9.17, 15) is 27.5 Å². The smallest absolute Gasteiger partial charge is 0.333 e. The summed E-state index contributed by atoms with van der Waals surface area (Å²) in [4.78, 5) is 12.3. The summed E-state index contributed by atoms with van der Waals surface area (Å²) >= 11 is 0. The van der Waals surface area contributed by atoms with Crippen molar-refractivity contribution in [2.45, 2.75) is 38.3 Å². The second-order valence-electron chi connectivity index (χ2n) is 9.04. The Kier molecular flexibility index (Phi) is 6.38. The summed E-state index contributed by atoms with van der Waals surface area (Å²) in [5, 5.41) is 21.2. The molecule has 1 amide bonds. The van der Waals surface area contributed by atoms with Gasteiger partial charge in [-0.05, 0) is 55.4 Å². The molecule has 2 aromatic carbocycles. The van der Waals surface area contributed by atoms with Gasteiger partial charge in [0.1, 0.15) is 0 Å². The molecule has 7 nitrogen and oxygen atoms in total. The van der Waals surface area contributed by atoms with Crippen molar-refractivity contribution in [3.63, 3.8) is 0 Å². The summed E-state index contributed by atoms with van der Waals surface area (Å²) in [6.07, 6.45) is 8.07. The van der Waals surface area contributed by atoms with Crippen LogP contribution in [0.5, 0.6) is 5.75 Å². The summed E-state index contributed by atoms with van der Waals surface area (Å²) in [5.74, 6) is -3.83. The van der Waals surface area contributed by atoms with E-state index in [4.69, 9.17) is 5.10 Å². The number of hydrogen-bond donors (Lipinski definition) is 2. The second-order valence-corrected chi connectivity index (χ2v) is 9.04. The van der Waals surface area contributed by atoms with Crippen LogP contribution in [0.4, 0.5) is 17.6 Å². The lowest BCUT2D eigenvalue weighted by Crippen LogP contribution is -2.31. The van der Waals surface area contributed by atoms with Gasteiger partial charge in [-0.1, -0.05) is 12.1 Å². The molecule has 4 aromatic rings. The SMILES string of the molecule is O=C(NCC1CCC(n2cc3ccc(-c4cnn(C(F)F)c4)cc3n2)CC1)c1cc(F)c(O)c(F)c1. The van der Waals surface area contributed by atoms with Gasteiger partial charge in [-0.15, -0.1) is 0 Å². The van der Waals surface area contributed by atoms with Crippen LogP contribution in [0.1, 0.15) is 48.6 Å². The highest BCUT2D eigenvalue weighted by molar-refractivity contribution is 5.94. The summed E-state index contributed by atoms with van der Waals surface area (Å²) in [5.41, 5.74) is 1.93. The van der Waals surface area contributed by atoms with E-state index in [1.807, 2.05) is 29.1 Å². The number of phenolic OH excluding ortho intramolecular Hbond substituents is 1. The van der Waals surface area contributed by atoms with Crippen LogP contribution in [-0.2, 0) is 0 Å². The summed E-state index contributed by atoms with van der Waals surface area (Å²) < 4.78 is 55.2. The summed E-state index contributed by atoms with van der Waals surface area (Å²) in [7, 11) is 0. The van der Waals surface area contributed by atoms with Crippen LogP contribution in [0.25, 0.3) is 22.0 Å². The lowest BCUT2D eigenvalue weighted by atomic mass is 9.86. The number of nitrogens with one attached hydrogen (secondary N) is 1. The number of alkyl halides is 2. The molecule has 2 heterocycles. The zero-order valence-electron chi connectivity index (χ0n) is 19.0. The number of carbonyl (C=O) groups excluding carboxylic acids is 1. The minimum Gasteiger partial charge on any atom is -0.503 e. The van der Waals surface area contributed by atoms with Gasteiger partial charge in [0.15, 0.2) is 17.4 Å². The lowest BCUT2D eigenvalue weighted by molar-refractivity contribution is 0.0566. The summed E-state index contributed by atoms with van der Waals surface area (Å²) in [6, 6.07) is 7.42. The van der Waals surface area contributed by atoms with E-state index >= 15 is 0 Å². The molecule has 0 bridgehead atoms. The molecule has 1 fully saturated rings. The molecule has 188 valence electrons. The quantitative estimate of drug-likeness (QED) is 0.345. The highest BCUT2D eigenvalue weighted by Gasteiger charge is 2.24. The van der Waals surface area contributed by atoms with Gasteiger partial charge >= 0.3 is 6.55 Å². The molecule has 0 atom stereocenters. The number of phenols is 1. The van der Waals surface area contributed by atoms with Crippen LogP contribution in [-0.4, -0.2) is 37.1 Å². The maximum Gasteiger partial charge on any atom is 0.333 e. The van der Waals surface area contributed by atoms with Crippen molar-refractivity contribution >= 4 is 16.8 Å². The highest BCUT2D eigenvalue weighted by Crippen LogP contribution is 2.33. The number of amides is 1. The molecular weight excluding hydrogens is 478 g/mol. The topological polar surface area (TPSA) is 85.0 Å². The lowest BCUT2D eigenvalue weighted by Gasteiger charge is -2.28. The number of aromatic hydroxyl groups is 1. The third-order valence-corrected chi connectivity index (χ3v) is 6.68. The molecule has 2 aromatic heterocycles. The predicted octanol–water partition coefficient (Wildman–Crippen LogP) is 5.44. The zero-order chi connectivity index (χ0) is 25.4. The monoisotopic (exact) mass is 501 g/mol. The molecule has 1 saturated carbocycles. The number of rotatable bonds is 6. The van der Waals surface area contributed by atoms with Gasteiger partial charge in [-0.3, -0.25) is 9.48 Å². The average molecular weight is 501 g/mol. The van der Waals surface area contributed by atoms with Gasteiger partial charge in [0, 0.05) is 35.5 Å². The third-order valence-electron chi connectivity index (χ3n) is 6.68. The van der Waals surface area contributed by atoms with Crippen LogP contribution in [0, 0.1) is 17.6 Å². The molecule has 1 aliphatic rings. The van der Waals surface area contributed by atoms with E-state index in [1.54, 1.807) is 0 Å². The van der Waals surface area contributed by atoms with Crippen molar-refractivity contribution in [3.8, 4) is 16.9 Å². The Labute approximate surface area is 203 Å². The van der Waals surface area contributed by atoms with Gasteiger partial charge < -0.3 is 10.4 Å². The molecule has 0 saturated heterocycles. The molecule has 0 radical (unpaired) electrons. The molecule has 2 N–H and O–H groups in total. The number of halogens is 4. The Bertz CT molecular complexity index is 1390. The largest absolute Gasteiger partial charge is 0.503 e. The molecule has 11 heteroatoms. The van der Waals surface area contributed by atoms with Crippen molar-refractivity contribution in [1.82, 2.24) is 24.9 Å². The fourth-order valence-corrected chi connectivity index (χ4v) is 4.64. The molecule has 5 rings (SSSR count). The van der Waals surface area contributed by atoms with Crippen molar-refractivity contribution in [1.29, 1.82) is 0 Å². The number of hydrogen-bond acceptors (Lipinski definition) is 4. The Hall–Kier alpha value is -3.89. The molecular formula is C25H23F4N5O2. The van der Waals surface area contributed by atoms with Gasteiger partial charge in [-0.2, -0.15) is 19.0 Å². The molecule has 0 spiro atoms. The Morgan fingerprint density at radius 2 is 1.78 bits per heavy atom. The van der Waals surface area contributed by atoms with Crippen molar-refractivity contribution < 1.29 is 27.5 Å². The standard InChI is InChI=1S/C25H23F4N5O2/c26-20-7-17(8-21(27)23(20)35)24(36)30-10-14-1-5-19(6-2-14)33-12-16-4-3-15(9-22(16)32-33)18-11-31-34(13-18)25(28)29/h3-4,7-9,11-14,19,25,35H,1-2,5-6,10H2,(H,30,36). The minimum absolute atomic E-state index is 0.180. The fourth-order valence-electron chi connectivity index (χ4n) is 4.64. The molecule has 36 heavy (non-hydrogen) atoms. The summed E-state index contributed by atoms with van der Waals surface area (Å²) in [6.45, 7) is -2.31. The molecule has 1 aliphatic carbocycles. The average Bonchev–Trinajstić information content (AvgIpc) is 3.53. The first-order valence-corrected chi connectivity index (χ1v) is 11.6. The second kappa shape index (κ2) is 9.63. The van der Waals surface area contributed by atoms with Crippen LogP contribution in [0.3, 0.4) is 0 Å². The number of carbonyl (C=O) groups is 1. The van der Waals surface area contributed by atoms with Crippen molar-refractivity contribution in [3.05, 3.63) is 66.1 Å². The van der Waals surface area contributed by atoms with Gasteiger partial charge in [0.2, 0.25) is 0 Å². The maximum absolute atomic E-state index is 13.5. The Balaban J connectivity index is 1.19. The number of aromatic nitrogens is 4. The first-order chi connectivity index (χ1) is 17.3. The highest BCUT2D eigenvalue weighted by atomic mass is 19.3. The van der Waals surface area contributed by atoms with Crippen LogP contribution < -0.4 is 5.32 Å².